The van der Waals surface area contributed by atoms with Gasteiger partial charge in [-0.15, -0.1) is 0 Å². The van der Waals surface area contributed by atoms with Crippen molar-refractivity contribution in [3.63, 3.8) is 0 Å². The zero-order valence-corrected chi connectivity index (χ0v) is 17.0. The van der Waals surface area contributed by atoms with E-state index in [2.05, 4.69) is 77.6 Å². The molecule has 0 amide bonds. The second-order valence-corrected chi connectivity index (χ2v) is 10.7. The lowest BCUT2D eigenvalue weighted by atomic mass is 9.87. The van der Waals surface area contributed by atoms with Gasteiger partial charge in [-0.25, -0.2) is 0 Å². The summed E-state index contributed by atoms with van der Waals surface area (Å²) in [6.07, 6.45) is 16.3. The van der Waals surface area contributed by atoms with Crippen molar-refractivity contribution in [2.45, 2.75) is 87.1 Å². The summed E-state index contributed by atoms with van der Waals surface area (Å²) >= 11 is 0. The Kier molecular flexibility index (Phi) is 4.09. The summed E-state index contributed by atoms with van der Waals surface area (Å²) in [7, 11) is 0. The van der Waals surface area contributed by atoms with E-state index in [4.69, 9.17) is 0 Å². The van der Waals surface area contributed by atoms with E-state index in [1.807, 2.05) is 0 Å². The SMILES string of the molecule is CCc1cn(CC2(/C=C\C3(C)CC3(C)C)CC2)cc1CC(C)(C)C. The molecule has 1 heterocycles. The smallest absolute Gasteiger partial charge is 0.0311 e. The van der Waals surface area contributed by atoms with Gasteiger partial charge in [0.1, 0.15) is 0 Å². The molecule has 2 saturated carbocycles. The van der Waals surface area contributed by atoms with Gasteiger partial charge in [0.25, 0.3) is 0 Å². The molecule has 3 rings (SSSR count). The molecule has 1 atom stereocenters. The molecule has 1 nitrogen and oxygen atoms in total. The monoisotopic (exact) mass is 327 g/mol. The Labute approximate surface area is 149 Å². The number of hydrogen-bond acceptors (Lipinski definition) is 0. The first-order valence-corrected chi connectivity index (χ1v) is 9.86. The van der Waals surface area contributed by atoms with Crippen LogP contribution in [0.1, 0.15) is 78.9 Å². The van der Waals surface area contributed by atoms with E-state index in [-0.39, 0.29) is 0 Å². The van der Waals surface area contributed by atoms with Crippen molar-refractivity contribution in [3.8, 4) is 0 Å². The molecule has 2 fully saturated rings. The zero-order valence-electron chi connectivity index (χ0n) is 17.0. The molecule has 0 saturated heterocycles. The van der Waals surface area contributed by atoms with E-state index in [0.29, 0.717) is 21.7 Å². The van der Waals surface area contributed by atoms with Gasteiger partial charge in [-0.05, 0) is 59.5 Å². The molecule has 1 heteroatoms. The molecular weight excluding hydrogens is 290 g/mol. The fraction of sp³-hybridized carbons (Fsp3) is 0.739. The van der Waals surface area contributed by atoms with Crippen molar-refractivity contribution in [2.75, 3.05) is 0 Å². The minimum atomic E-state index is 0.361. The fourth-order valence-electron chi connectivity index (χ4n) is 4.16. The van der Waals surface area contributed by atoms with Crippen LogP contribution in [-0.2, 0) is 19.4 Å². The third-order valence-electron chi connectivity index (χ3n) is 6.58. The van der Waals surface area contributed by atoms with Crippen LogP contribution < -0.4 is 0 Å². The molecule has 0 N–H and O–H groups in total. The Morgan fingerprint density at radius 1 is 1.04 bits per heavy atom. The van der Waals surface area contributed by atoms with Gasteiger partial charge >= 0.3 is 0 Å². The Balaban J connectivity index is 1.71. The molecule has 2 aliphatic carbocycles. The Morgan fingerprint density at radius 2 is 1.62 bits per heavy atom. The minimum Gasteiger partial charge on any atom is -0.353 e. The van der Waals surface area contributed by atoms with E-state index >= 15 is 0 Å². The van der Waals surface area contributed by atoms with Crippen LogP contribution in [0.2, 0.25) is 0 Å². The molecule has 2 aliphatic rings. The van der Waals surface area contributed by atoms with E-state index in [1.165, 1.54) is 25.7 Å². The van der Waals surface area contributed by atoms with Gasteiger partial charge in [-0.3, -0.25) is 0 Å². The average molecular weight is 328 g/mol. The molecule has 0 radical (unpaired) electrons. The summed E-state index contributed by atoms with van der Waals surface area (Å²) in [5, 5.41) is 0. The highest BCUT2D eigenvalue weighted by Crippen LogP contribution is 2.65. The average Bonchev–Trinajstić information content (AvgIpc) is 3.24. The standard InChI is InChI=1S/C23H37N/c1-8-18-14-24(15-19(18)13-20(2,3)4)17-23(11-12-23)10-9-22(7)16-21(22,5)6/h9-10,14-15H,8,11-13,16-17H2,1-7H3/b10-9-. The second-order valence-electron chi connectivity index (χ2n) is 10.7. The summed E-state index contributed by atoms with van der Waals surface area (Å²) in [5.74, 6) is 0. The Hall–Kier alpha value is -0.980. The van der Waals surface area contributed by atoms with Crippen LogP contribution in [0.3, 0.4) is 0 Å². The van der Waals surface area contributed by atoms with Crippen molar-refractivity contribution in [1.82, 2.24) is 4.57 Å². The minimum absolute atomic E-state index is 0.361. The highest BCUT2D eigenvalue weighted by Gasteiger charge is 2.56. The van der Waals surface area contributed by atoms with Crippen LogP contribution in [0.15, 0.2) is 24.5 Å². The largest absolute Gasteiger partial charge is 0.353 e. The fourth-order valence-corrected chi connectivity index (χ4v) is 4.16. The topological polar surface area (TPSA) is 4.93 Å². The van der Waals surface area contributed by atoms with Crippen molar-refractivity contribution in [2.24, 2.45) is 21.7 Å². The van der Waals surface area contributed by atoms with Crippen LogP contribution in [0.25, 0.3) is 0 Å². The number of rotatable bonds is 6. The maximum atomic E-state index is 2.57. The summed E-state index contributed by atoms with van der Waals surface area (Å²) in [6, 6.07) is 0. The molecule has 24 heavy (non-hydrogen) atoms. The molecule has 0 aromatic carbocycles. The van der Waals surface area contributed by atoms with Crippen LogP contribution in [0, 0.1) is 21.7 Å². The Bertz CT molecular complexity index is 633. The van der Waals surface area contributed by atoms with Crippen molar-refractivity contribution in [3.05, 3.63) is 35.7 Å². The third-order valence-corrected chi connectivity index (χ3v) is 6.58. The highest BCUT2D eigenvalue weighted by atomic mass is 15.0. The van der Waals surface area contributed by atoms with Crippen LogP contribution in [0.4, 0.5) is 0 Å². The van der Waals surface area contributed by atoms with E-state index < -0.39 is 0 Å². The maximum Gasteiger partial charge on any atom is 0.0311 e. The number of hydrogen-bond donors (Lipinski definition) is 0. The molecule has 1 aromatic heterocycles. The molecule has 0 aliphatic heterocycles. The first-order valence-electron chi connectivity index (χ1n) is 9.86. The van der Waals surface area contributed by atoms with E-state index in [9.17, 15) is 0 Å². The van der Waals surface area contributed by atoms with Gasteiger partial charge in [-0.2, -0.15) is 0 Å². The van der Waals surface area contributed by atoms with Gasteiger partial charge in [-0.1, -0.05) is 60.6 Å². The van der Waals surface area contributed by atoms with E-state index in [1.54, 1.807) is 11.1 Å². The van der Waals surface area contributed by atoms with Gasteiger partial charge in [0.2, 0.25) is 0 Å². The van der Waals surface area contributed by atoms with Gasteiger partial charge < -0.3 is 4.57 Å². The van der Waals surface area contributed by atoms with Gasteiger partial charge in [0, 0.05) is 24.4 Å². The predicted molar refractivity (Wildman–Crippen MR) is 104 cm³/mol. The van der Waals surface area contributed by atoms with Crippen molar-refractivity contribution < 1.29 is 0 Å². The van der Waals surface area contributed by atoms with Crippen LogP contribution in [-0.4, -0.2) is 4.57 Å². The highest BCUT2D eigenvalue weighted by molar-refractivity contribution is 5.27. The predicted octanol–water partition coefficient (Wildman–Crippen LogP) is 6.41. The van der Waals surface area contributed by atoms with Gasteiger partial charge in [0.15, 0.2) is 0 Å². The van der Waals surface area contributed by atoms with Crippen LogP contribution >= 0.6 is 0 Å². The maximum absolute atomic E-state index is 2.57. The first kappa shape index (κ1) is 17.8. The zero-order chi connectivity index (χ0) is 17.8. The lowest BCUT2D eigenvalue weighted by Gasteiger charge is -2.18. The third kappa shape index (κ3) is 3.65. The molecule has 1 unspecified atom stereocenters. The van der Waals surface area contributed by atoms with Crippen molar-refractivity contribution in [1.29, 1.82) is 0 Å². The normalized spacial score (nSPS) is 27.6. The molecule has 0 spiro atoms. The first-order chi connectivity index (χ1) is 11.0. The number of aryl methyl sites for hydroxylation is 1. The van der Waals surface area contributed by atoms with Crippen LogP contribution in [0.5, 0.6) is 0 Å². The molecular formula is C23H37N. The number of nitrogens with zero attached hydrogens (tertiary/aromatic N) is 1. The molecule has 1 aromatic rings. The summed E-state index contributed by atoms with van der Waals surface area (Å²) < 4.78 is 2.48. The van der Waals surface area contributed by atoms with Gasteiger partial charge in [0.05, 0.1) is 0 Å². The quantitative estimate of drug-likeness (QED) is 0.532. The number of allylic oxidation sites excluding steroid dienone is 2. The lowest BCUT2D eigenvalue weighted by Crippen LogP contribution is -2.10. The second kappa shape index (κ2) is 5.51. The van der Waals surface area contributed by atoms with Crippen molar-refractivity contribution >= 4 is 0 Å². The lowest BCUT2D eigenvalue weighted by molar-refractivity contribution is 0.409. The molecule has 0 bridgehead atoms. The summed E-state index contributed by atoms with van der Waals surface area (Å²) in [4.78, 5) is 0. The summed E-state index contributed by atoms with van der Waals surface area (Å²) in [6.45, 7) is 17.7. The number of aromatic nitrogens is 1. The van der Waals surface area contributed by atoms with E-state index in [0.717, 1.165) is 13.0 Å². The Morgan fingerprint density at radius 3 is 2.08 bits per heavy atom. The summed E-state index contributed by atoms with van der Waals surface area (Å²) in [5.41, 5.74) is 4.83. The molecule has 134 valence electrons.